The first-order valence-electron chi connectivity index (χ1n) is 10.7. The minimum atomic E-state index is -3.69. The second kappa shape index (κ2) is 9.97. The second-order valence-corrected chi connectivity index (χ2v) is 10.5. The van der Waals surface area contributed by atoms with Gasteiger partial charge in [0.2, 0.25) is 10.0 Å². The van der Waals surface area contributed by atoms with Crippen LogP contribution in [0.3, 0.4) is 0 Å². The molecule has 2 heterocycles. The quantitative estimate of drug-likeness (QED) is 0.544. The van der Waals surface area contributed by atoms with E-state index in [4.69, 9.17) is 11.6 Å². The molecule has 3 aromatic rings. The van der Waals surface area contributed by atoms with Gasteiger partial charge in [0.15, 0.2) is 5.78 Å². The van der Waals surface area contributed by atoms with Gasteiger partial charge in [-0.05, 0) is 53.1 Å². The molecular weight excluding hydrogens is 490 g/mol. The molecule has 0 spiro atoms. The highest BCUT2D eigenvalue weighted by atomic mass is 35.5. The summed E-state index contributed by atoms with van der Waals surface area (Å²) in [4.78, 5) is 44.7. The Labute approximate surface area is 208 Å². The highest BCUT2D eigenvalue weighted by molar-refractivity contribution is 7.89. The third-order valence-corrected chi connectivity index (χ3v) is 6.46. The first-order chi connectivity index (χ1) is 16.6. The molecule has 8 nitrogen and oxygen atoms in total. The first kappa shape index (κ1) is 24.6. The Kier molecular flexibility index (Phi) is 7.00. The maximum Gasteiger partial charge on any atom is 0.264 e. The Morgan fingerprint density at radius 2 is 1.86 bits per heavy atom. The van der Waals surface area contributed by atoms with Crippen molar-refractivity contribution in [1.29, 1.82) is 0 Å². The zero-order valence-electron chi connectivity index (χ0n) is 18.8. The molecular formula is C25H22ClN3O5S. The minimum Gasteiger partial charge on any atom is -0.324 e. The largest absolute Gasteiger partial charge is 0.324 e. The number of nitrogens with one attached hydrogen (secondary N) is 1. The van der Waals surface area contributed by atoms with E-state index >= 15 is 0 Å². The smallest absolute Gasteiger partial charge is 0.264 e. The molecule has 10 heteroatoms. The van der Waals surface area contributed by atoms with Crippen LogP contribution in [0, 0.1) is 0 Å². The molecule has 1 atom stereocenters. The fraction of sp³-hybridized carbons (Fsp3) is 0.200. The number of sulfonamides is 1. The highest BCUT2D eigenvalue weighted by Crippen LogP contribution is 2.27. The molecule has 1 aromatic heterocycles. The molecule has 0 saturated heterocycles. The van der Waals surface area contributed by atoms with Gasteiger partial charge in [-0.25, -0.2) is 13.1 Å². The van der Waals surface area contributed by atoms with Crippen molar-refractivity contribution in [3.63, 3.8) is 0 Å². The number of ketones is 1. The predicted octanol–water partition coefficient (Wildman–Crippen LogP) is 2.80. The lowest BCUT2D eigenvalue weighted by Crippen LogP contribution is -2.44. The van der Waals surface area contributed by atoms with Crippen LogP contribution in [0.5, 0.6) is 0 Å². The summed E-state index contributed by atoms with van der Waals surface area (Å²) in [7, 11) is -3.69. The predicted molar refractivity (Wildman–Crippen MR) is 131 cm³/mol. The van der Waals surface area contributed by atoms with Crippen molar-refractivity contribution >= 4 is 39.2 Å². The normalized spacial score (nSPS) is 15.9. The van der Waals surface area contributed by atoms with Crippen molar-refractivity contribution in [1.82, 2.24) is 14.6 Å². The van der Waals surface area contributed by atoms with E-state index in [9.17, 15) is 22.8 Å². The lowest BCUT2D eigenvalue weighted by molar-refractivity contribution is -0.122. The van der Waals surface area contributed by atoms with Gasteiger partial charge < -0.3 is 4.90 Å². The van der Waals surface area contributed by atoms with Crippen molar-refractivity contribution in [3.8, 4) is 0 Å². The third-order valence-electron chi connectivity index (χ3n) is 5.67. The van der Waals surface area contributed by atoms with E-state index in [-0.39, 0.29) is 30.2 Å². The number of nitrogens with zero attached hydrogens (tertiary/aromatic N) is 2. The number of carbonyl (C=O) groups excluding carboxylic acids is 3. The summed E-state index contributed by atoms with van der Waals surface area (Å²) >= 11 is 6.12. The molecule has 2 amide bonds. The van der Waals surface area contributed by atoms with Crippen LogP contribution in [-0.4, -0.2) is 48.2 Å². The second-order valence-electron chi connectivity index (χ2n) is 8.36. The van der Waals surface area contributed by atoms with E-state index in [0.29, 0.717) is 28.1 Å². The minimum absolute atomic E-state index is 0.0770. The van der Waals surface area contributed by atoms with Crippen molar-refractivity contribution < 1.29 is 22.8 Å². The Bertz CT molecular complexity index is 1390. The standard InChI is InChI=1S/C25H22ClN3O5S/c1-35(33,34)28-24(31)18-6-4-16(5-7-18)15-29-22(11-17-3-2-10-27-14-17)23(30)13-19-12-20(26)8-9-21(19)25(29)32/h2-10,12,14,22H,11,13,15H2,1H3,(H,28,31)/t22-/m1/s1. The topological polar surface area (TPSA) is 114 Å². The average molecular weight is 512 g/mol. The van der Waals surface area contributed by atoms with E-state index in [0.717, 1.165) is 11.8 Å². The van der Waals surface area contributed by atoms with Crippen LogP contribution < -0.4 is 4.72 Å². The van der Waals surface area contributed by atoms with Crippen molar-refractivity contribution in [2.75, 3.05) is 6.26 Å². The monoisotopic (exact) mass is 511 g/mol. The molecule has 0 saturated carbocycles. The van der Waals surface area contributed by atoms with E-state index < -0.39 is 22.0 Å². The zero-order chi connectivity index (χ0) is 25.2. The molecule has 0 fully saturated rings. The summed E-state index contributed by atoms with van der Waals surface area (Å²) in [5.41, 5.74) is 2.65. The third kappa shape index (κ3) is 5.93. The molecule has 1 aliphatic rings. The average Bonchev–Trinajstić information content (AvgIpc) is 2.89. The highest BCUT2D eigenvalue weighted by Gasteiger charge is 2.35. The Morgan fingerprint density at radius 1 is 1.11 bits per heavy atom. The van der Waals surface area contributed by atoms with Gasteiger partial charge in [0.05, 0.1) is 12.3 Å². The van der Waals surface area contributed by atoms with Crippen LogP contribution in [-0.2, 0) is 34.2 Å². The van der Waals surface area contributed by atoms with Crippen LogP contribution in [0.25, 0.3) is 0 Å². The number of carbonyl (C=O) groups is 3. The summed E-state index contributed by atoms with van der Waals surface area (Å²) in [6, 6.07) is 14.0. The molecule has 1 N–H and O–H groups in total. The van der Waals surface area contributed by atoms with Gasteiger partial charge in [0, 0.05) is 47.9 Å². The Balaban J connectivity index is 1.66. The van der Waals surface area contributed by atoms with E-state index in [2.05, 4.69) is 4.98 Å². The number of benzene rings is 2. The molecule has 1 aliphatic heterocycles. The van der Waals surface area contributed by atoms with E-state index in [1.165, 1.54) is 17.0 Å². The zero-order valence-corrected chi connectivity index (χ0v) is 20.3. The van der Waals surface area contributed by atoms with E-state index in [1.807, 2.05) is 10.8 Å². The van der Waals surface area contributed by atoms with Gasteiger partial charge in [-0.1, -0.05) is 29.8 Å². The number of rotatable bonds is 6. The van der Waals surface area contributed by atoms with Crippen LogP contribution in [0.2, 0.25) is 5.02 Å². The summed E-state index contributed by atoms with van der Waals surface area (Å²) < 4.78 is 24.6. The molecule has 180 valence electrons. The maximum absolute atomic E-state index is 13.6. The van der Waals surface area contributed by atoms with E-state index in [1.54, 1.807) is 48.8 Å². The number of hydrogen-bond acceptors (Lipinski definition) is 6. The first-order valence-corrected chi connectivity index (χ1v) is 13.0. The molecule has 35 heavy (non-hydrogen) atoms. The summed E-state index contributed by atoms with van der Waals surface area (Å²) in [5.74, 6) is -1.16. The van der Waals surface area contributed by atoms with Gasteiger partial charge in [-0.3, -0.25) is 19.4 Å². The fourth-order valence-corrected chi connectivity index (χ4v) is 4.68. The van der Waals surface area contributed by atoms with Crippen molar-refractivity contribution in [3.05, 3.63) is 99.8 Å². The number of pyridine rings is 1. The van der Waals surface area contributed by atoms with Crippen LogP contribution in [0.1, 0.15) is 37.4 Å². The summed E-state index contributed by atoms with van der Waals surface area (Å²) in [6.45, 7) is 0.117. The molecule has 0 bridgehead atoms. The molecule has 0 unspecified atom stereocenters. The summed E-state index contributed by atoms with van der Waals surface area (Å²) in [6.07, 6.45) is 4.58. The van der Waals surface area contributed by atoms with Gasteiger partial charge >= 0.3 is 0 Å². The number of Topliss-reactive ketones (excluding diaryl/α,β-unsaturated/α-hetero) is 1. The number of aromatic nitrogens is 1. The number of fused-ring (bicyclic) bond motifs is 1. The lowest BCUT2D eigenvalue weighted by Gasteiger charge is -2.29. The molecule has 4 rings (SSSR count). The van der Waals surface area contributed by atoms with Crippen LogP contribution >= 0.6 is 11.6 Å². The van der Waals surface area contributed by atoms with Gasteiger partial charge in [0.25, 0.3) is 11.8 Å². The fourth-order valence-electron chi connectivity index (χ4n) is 4.03. The van der Waals surface area contributed by atoms with Crippen molar-refractivity contribution in [2.24, 2.45) is 0 Å². The molecule has 0 aliphatic carbocycles. The molecule has 2 aromatic carbocycles. The maximum atomic E-state index is 13.6. The number of amides is 2. The van der Waals surface area contributed by atoms with Crippen molar-refractivity contribution in [2.45, 2.75) is 25.4 Å². The molecule has 0 radical (unpaired) electrons. The van der Waals surface area contributed by atoms with Crippen LogP contribution in [0.15, 0.2) is 67.0 Å². The Morgan fingerprint density at radius 3 is 2.51 bits per heavy atom. The lowest BCUT2D eigenvalue weighted by atomic mass is 9.98. The van der Waals surface area contributed by atoms with Gasteiger partial charge in [-0.15, -0.1) is 0 Å². The van der Waals surface area contributed by atoms with Crippen LogP contribution in [0.4, 0.5) is 0 Å². The van der Waals surface area contributed by atoms with Gasteiger partial charge in [0.1, 0.15) is 0 Å². The van der Waals surface area contributed by atoms with Gasteiger partial charge in [-0.2, -0.15) is 0 Å². The number of halogens is 1. The number of hydrogen-bond donors (Lipinski definition) is 1. The summed E-state index contributed by atoms with van der Waals surface area (Å²) in [5, 5.41) is 0.449. The SMILES string of the molecule is CS(=O)(=O)NC(=O)c1ccc(CN2C(=O)c3ccc(Cl)cc3CC(=O)[C@H]2Cc2cccnc2)cc1. The Hall–Kier alpha value is -3.56.